The third-order valence-corrected chi connectivity index (χ3v) is 8.37. The molecule has 0 aromatic rings. The van der Waals surface area contributed by atoms with E-state index in [-0.39, 0.29) is 11.5 Å². The van der Waals surface area contributed by atoms with Gasteiger partial charge in [-0.25, -0.2) is 0 Å². The second-order valence-electron chi connectivity index (χ2n) is 11.1. The van der Waals surface area contributed by atoms with Gasteiger partial charge in [0.25, 0.3) is 0 Å². The summed E-state index contributed by atoms with van der Waals surface area (Å²) in [6, 6.07) is 0. The highest BCUT2D eigenvalue weighted by Crippen LogP contribution is 2.60. The molecule has 0 radical (unpaired) electrons. The minimum atomic E-state index is -0.554. The van der Waals surface area contributed by atoms with Crippen LogP contribution in [0.5, 0.6) is 0 Å². The van der Waals surface area contributed by atoms with Crippen molar-refractivity contribution < 1.29 is 10.2 Å². The van der Waals surface area contributed by atoms with Crippen LogP contribution in [0, 0.1) is 23.2 Å². The molecule has 0 heterocycles. The van der Waals surface area contributed by atoms with Crippen molar-refractivity contribution >= 4 is 0 Å². The van der Waals surface area contributed by atoms with Gasteiger partial charge < -0.3 is 10.2 Å². The quantitative estimate of drug-likeness (QED) is 0.518. The summed E-state index contributed by atoms with van der Waals surface area (Å²) >= 11 is 0. The first kappa shape index (κ1) is 22.8. The minimum Gasteiger partial charge on any atom is -0.393 e. The molecule has 164 valence electrons. The molecule has 29 heavy (non-hydrogen) atoms. The molecule has 2 nitrogen and oxygen atoms in total. The predicted octanol–water partition coefficient (Wildman–Crippen LogP) is 6.73. The smallest absolute Gasteiger partial charge is 0.0653 e. The van der Waals surface area contributed by atoms with Crippen molar-refractivity contribution in [2.24, 2.45) is 23.2 Å². The Kier molecular flexibility index (Phi) is 7.16. The molecule has 0 saturated heterocycles. The van der Waals surface area contributed by atoms with Crippen LogP contribution in [0.4, 0.5) is 0 Å². The van der Waals surface area contributed by atoms with Crippen LogP contribution in [0.25, 0.3) is 0 Å². The fraction of sp³-hybridized carbons (Fsp3) is 0.778. The summed E-state index contributed by atoms with van der Waals surface area (Å²) in [6.07, 6.45) is 16.2. The monoisotopic (exact) mass is 400 g/mol. The highest BCUT2D eigenvalue weighted by molar-refractivity contribution is 5.36. The zero-order chi connectivity index (χ0) is 21.2. The number of aliphatic hydroxyl groups is 2. The molecule has 2 heteroatoms. The van der Waals surface area contributed by atoms with Gasteiger partial charge in [-0.05, 0) is 93.5 Å². The van der Waals surface area contributed by atoms with Gasteiger partial charge in [0.15, 0.2) is 0 Å². The number of aliphatic hydroxyl groups excluding tert-OH is 1. The fourth-order valence-corrected chi connectivity index (χ4v) is 6.70. The van der Waals surface area contributed by atoms with Crippen LogP contribution in [0.2, 0.25) is 0 Å². The second kappa shape index (κ2) is 9.10. The first-order chi connectivity index (χ1) is 13.6. The van der Waals surface area contributed by atoms with E-state index in [1.807, 2.05) is 0 Å². The van der Waals surface area contributed by atoms with Gasteiger partial charge in [-0.3, -0.25) is 0 Å². The number of hydrogen-bond acceptors (Lipinski definition) is 2. The predicted molar refractivity (Wildman–Crippen MR) is 123 cm³/mol. The van der Waals surface area contributed by atoms with E-state index in [9.17, 15) is 10.2 Å². The summed E-state index contributed by atoms with van der Waals surface area (Å²) in [6.45, 7) is 13.3. The van der Waals surface area contributed by atoms with Gasteiger partial charge >= 0.3 is 0 Å². The van der Waals surface area contributed by atoms with Crippen LogP contribution >= 0.6 is 0 Å². The standard InChI is InChI=1S/C27H44O2/c1-19(2)8-6-17-27(5,29)25-15-14-24-21(9-7-16-26(24,25)4)11-12-22-18-23(28)13-10-20(22)3/h11-12,19,23-25,28-29H,3,6-10,13-18H2,1-2,4-5H3/b21-11+,22-12-/t23-,24-,25-,26-,27-/m0/s1. The molecule has 3 fully saturated rings. The zero-order valence-corrected chi connectivity index (χ0v) is 19.3. The van der Waals surface area contributed by atoms with Gasteiger partial charge in [0.1, 0.15) is 0 Å². The Morgan fingerprint density at radius 3 is 2.69 bits per heavy atom. The minimum absolute atomic E-state index is 0.210. The van der Waals surface area contributed by atoms with Gasteiger partial charge in [0.05, 0.1) is 11.7 Å². The molecule has 3 rings (SSSR count). The third kappa shape index (κ3) is 5.07. The SMILES string of the molecule is C=C1CC[C@H](O)C/C1=C/C=C1\CCC[C@@]2(C)[C@H]1CC[C@@H]2[C@@](C)(O)CCCC(C)C. The molecule has 3 saturated carbocycles. The van der Waals surface area contributed by atoms with Crippen molar-refractivity contribution in [1.82, 2.24) is 0 Å². The Labute approximate surface area is 179 Å². The fourth-order valence-electron chi connectivity index (χ4n) is 6.70. The molecule has 3 aliphatic carbocycles. The molecule has 0 aromatic heterocycles. The molecule has 0 unspecified atom stereocenters. The Hall–Kier alpha value is -0.860. The number of rotatable bonds is 6. The zero-order valence-electron chi connectivity index (χ0n) is 19.3. The lowest BCUT2D eigenvalue weighted by molar-refractivity contribution is -0.0657. The molecule has 3 aliphatic rings. The van der Waals surface area contributed by atoms with Crippen LogP contribution in [0.1, 0.15) is 98.3 Å². The van der Waals surface area contributed by atoms with Gasteiger partial charge in [-0.2, -0.15) is 0 Å². The highest BCUT2D eigenvalue weighted by atomic mass is 16.3. The van der Waals surface area contributed by atoms with Crippen LogP contribution in [0.15, 0.2) is 35.5 Å². The summed E-state index contributed by atoms with van der Waals surface area (Å²) in [5, 5.41) is 21.5. The lowest BCUT2D eigenvalue weighted by Crippen LogP contribution is -2.45. The number of hydrogen-bond donors (Lipinski definition) is 2. The van der Waals surface area contributed by atoms with E-state index >= 15 is 0 Å². The number of fused-ring (bicyclic) bond motifs is 1. The topological polar surface area (TPSA) is 40.5 Å². The van der Waals surface area contributed by atoms with Crippen LogP contribution in [-0.4, -0.2) is 21.9 Å². The molecule has 5 atom stereocenters. The van der Waals surface area contributed by atoms with E-state index in [1.165, 1.54) is 43.3 Å². The molecular formula is C27H44O2. The lowest BCUT2D eigenvalue weighted by Gasteiger charge is -2.47. The molecule has 0 spiro atoms. The van der Waals surface area contributed by atoms with Crippen LogP contribution in [-0.2, 0) is 0 Å². The molecule has 2 N–H and O–H groups in total. The molecule has 0 aliphatic heterocycles. The van der Waals surface area contributed by atoms with E-state index in [2.05, 4.69) is 46.4 Å². The first-order valence-electron chi connectivity index (χ1n) is 12.1. The summed E-state index contributed by atoms with van der Waals surface area (Å²) in [5.41, 5.74) is 3.66. The lowest BCUT2D eigenvalue weighted by atomic mass is 9.59. The highest BCUT2D eigenvalue weighted by Gasteiger charge is 2.54. The van der Waals surface area contributed by atoms with Gasteiger partial charge in [0, 0.05) is 0 Å². The normalized spacial score (nSPS) is 37.9. The van der Waals surface area contributed by atoms with Crippen LogP contribution in [0.3, 0.4) is 0 Å². The van der Waals surface area contributed by atoms with Gasteiger partial charge in [-0.1, -0.05) is 63.5 Å². The Morgan fingerprint density at radius 2 is 1.97 bits per heavy atom. The Balaban J connectivity index is 1.75. The van der Waals surface area contributed by atoms with Gasteiger partial charge in [0.2, 0.25) is 0 Å². The number of allylic oxidation sites excluding steroid dienone is 4. The van der Waals surface area contributed by atoms with Crippen molar-refractivity contribution in [2.75, 3.05) is 0 Å². The summed E-state index contributed by atoms with van der Waals surface area (Å²) in [5.74, 6) is 1.70. The first-order valence-corrected chi connectivity index (χ1v) is 12.1. The second-order valence-corrected chi connectivity index (χ2v) is 11.1. The van der Waals surface area contributed by atoms with E-state index in [4.69, 9.17) is 0 Å². The molecule has 0 bridgehead atoms. The van der Waals surface area contributed by atoms with Crippen molar-refractivity contribution in [2.45, 2.75) is 110 Å². The molecular weight excluding hydrogens is 356 g/mol. The summed E-state index contributed by atoms with van der Waals surface area (Å²) < 4.78 is 0. The van der Waals surface area contributed by atoms with Crippen molar-refractivity contribution in [3.8, 4) is 0 Å². The van der Waals surface area contributed by atoms with Crippen molar-refractivity contribution in [1.29, 1.82) is 0 Å². The largest absolute Gasteiger partial charge is 0.393 e. The van der Waals surface area contributed by atoms with E-state index in [0.29, 0.717) is 17.8 Å². The van der Waals surface area contributed by atoms with E-state index in [1.54, 1.807) is 5.57 Å². The van der Waals surface area contributed by atoms with Crippen molar-refractivity contribution in [3.63, 3.8) is 0 Å². The van der Waals surface area contributed by atoms with Crippen molar-refractivity contribution in [3.05, 3.63) is 35.5 Å². The summed E-state index contributed by atoms with van der Waals surface area (Å²) in [7, 11) is 0. The Bertz CT molecular complexity index is 653. The van der Waals surface area contributed by atoms with Gasteiger partial charge in [-0.15, -0.1) is 0 Å². The average molecular weight is 401 g/mol. The van der Waals surface area contributed by atoms with E-state index in [0.717, 1.165) is 38.5 Å². The maximum Gasteiger partial charge on any atom is 0.0653 e. The summed E-state index contributed by atoms with van der Waals surface area (Å²) in [4.78, 5) is 0. The maximum atomic E-state index is 11.4. The maximum absolute atomic E-state index is 11.4. The van der Waals surface area contributed by atoms with E-state index < -0.39 is 5.60 Å². The average Bonchev–Trinajstić information content (AvgIpc) is 3.00. The van der Waals surface area contributed by atoms with Crippen LogP contribution < -0.4 is 0 Å². The molecule has 0 amide bonds. The Morgan fingerprint density at radius 1 is 1.21 bits per heavy atom. The third-order valence-electron chi connectivity index (χ3n) is 8.37. The molecule has 0 aromatic carbocycles.